The van der Waals surface area contributed by atoms with E-state index in [1.54, 1.807) is 12.0 Å². The second-order valence-electron chi connectivity index (χ2n) is 6.85. The average molecular weight is 424 g/mol. The number of hydrogen-bond donors (Lipinski definition) is 1. The molecule has 2 aromatic carbocycles. The van der Waals surface area contributed by atoms with Crippen LogP contribution in [0.4, 0.5) is 0 Å². The maximum absolute atomic E-state index is 12.8. The molecule has 1 atom stereocenters. The van der Waals surface area contributed by atoms with E-state index < -0.39 is 0 Å². The fraction of sp³-hybridized carbons (Fsp3) is 0.381. The Morgan fingerprint density at radius 1 is 1.29 bits per heavy atom. The molecule has 0 spiro atoms. The van der Waals surface area contributed by atoms with Crippen LogP contribution in [0.25, 0.3) is 0 Å². The van der Waals surface area contributed by atoms with Gasteiger partial charge in [0.05, 0.1) is 13.7 Å². The highest BCUT2D eigenvalue weighted by molar-refractivity contribution is 6.30. The van der Waals surface area contributed by atoms with Gasteiger partial charge in [-0.05, 0) is 35.4 Å². The normalized spacial score (nSPS) is 16.9. The summed E-state index contributed by atoms with van der Waals surface area (Å²) in [6, 6.07) is 15.8. The number of carbonyl (C=O) groups excluding carboxylic acids is 1. The van der Waals surface area contributed by atoms with Crippen molar-refractivity contribution in [1.82, 2.24) is 15.1 Å². The van der Waals surface area contributed by atoms with Gasteiger partial charge < -0.3 is 15.0 Å². The van der Waals surface area contributed by atoms with Crippen molar-refractivity contribution in [2.45, 2.75) is 12.6 Å². The number of rotatable bonds is 6. The molecule has 5 nitrogen and oxygen atoms in total. The standard InChI is InChI=1S/C21H26ClN3O2.ClH/c1-24(14-16-5-3-8-19(11-16)27-2)21(26)15-25-10-9-23-13-20(25)17-6-4-7-18(22)12-17;/h3-8,11-12,20,23H,9-10,13-15H2,1-2H3;1H. The van der Waals surface area contributed by atoms with Gasteiger partial charge in [-0.2, -0.15) is 0 Å². The van der Waals surface area contributed by atoms with Crippen LogP contribution >= 0.6 is 24.0 Å². The summed E-state index contributed by atoms with van der Waals surface area (Å²) in [6.45, 7) is 3.47. The van der Waals surface area contributed by atoms with Crippen molar-refractivity contribution in [2.24, 2.45) is 0 Å². The fourth-order valence-electron chi connectivity index (χ4n) is 3.41. The Morgan fingerprint density at radius 2 is 2.07 bits per heavy atom. The SMILES string of the molecule is COc1cccc(CN(C)C(=O)CN2CCNCC2c2cccc(Cl)c2)c1.Cl. The molecule has 0 aromatic heterocycles. The first-order valence-corrected chi connectivity index (χ1v) is 9.52. The number of nitrogens with zero attached hydrogens (tertiary/aromatic N) is 2. The number of carbonyl (C=O) groups is 1. The molecule has 28 heavy (non-hydrogen) atoms. The molecule has 1 heterocycles. The molecule has 3 rings (SSSR count). The van der Waals surface area contributed by atoms with Gasteiger partial charge in [-0.25, -0.2) is 0 Å². The van der Waals surface area contributed by atoms with Gasteiger partial charge in [-0.3, -0.25) is 9.69 Å². The highest BCUT2D eigenvalue weighted by atomic mass is 35.5. The number of nitrogens with one attached hydrogen (secondary N) is 1. The van der Waals surface area contributed by atoms with Gasteiger partial charge >= 0.3 is 0 Å². The molecule has 1 amide bonds. The summed E-state index contributed by atoms with van der Waals surface area (Å²) < 4.78 is 5.26. The predicted octanol–water partition coefficient (Wildman–Crippen LogP) is 3.38. The Bertz CT molecular complexity index is 788. The lowest BCUT2D eigenvalue weighted by molar-refractivity contribution is -0.132. The molecular weight excluding hydrogens is 397 g/mol. The molecular formula is C21H27Cl2N3O2. The lowest BCUT2D eigenvalue weighted by Gasteiger charge is -2.37. The highest BCUT2D eigenvalue weighted by Crippen LogP contribution is 2.24. The molecule has 0 radical (unpaired) electrons. The van der Waals surface area contributed by atoms with Crippen molar-refractivity contribution < 1.29 is 9.53 Å². The number of methoxy groups -OCH3 is 1. The molecule has 1 fully saturated rings. The van der Waals surface area contributed by atoms with E-state index in [-0.39, 0.29) is 24.4 Å². The molecule has 0 saturated carbocycles. The molecule has 1 aliphatic rings. The fourth-order valence-corrected chi connectivity index (χ4v) is 3.60. The monoisotopic (exact) mass is 423 g/mol. The van der Waals surface area contributed by atoms with Crippen LogP contribution in [0.5, 0.6) is 5.75 Å². The first-order valence-electron chi connectivity index (χ1n) is 9.14. The third kappa shape index (κ3) is 5.85. The van der Waals surface area contributed by atoms with Crippen molar-refractivity contribution in [2.75, 3.05) is 40.3 Å². The maximum Gasteiger partial charge on any atom is 0.236 e. The zero-order valence-corrected chi connectivity index (χ0v) is 17.8. The molecule has 0 aliphatic carbocycles. The van der Waals surface area contributed by atoms with Gasteiger partial charge in [0.2, 0.25) is 5.91 Å². The van der Waals surface area contributed by atoms with E-state index in [2.05, 4.69) is 16.3 Å². The first-order chi connectivity index (χ1) is 13.1. The molecule has 0 bridgehead atoms. The van der Waals surface area contributed by atoms with E-state index in [9.17, 15) is 4.79 Å². The van der Waals surface area contributed by atoms with Crippen molar-refractivity contribution >= 4 is 29.9 Å². The lowest BCUT2D eigenvalue weighted by atomic mass is 10.0. The van der Waals surface area contributed by atoms with Gasteiger partial charge in [-0.1, -0.05) is 35.9 Å². The number of likely N-dealkylation sites (N-methyl/N-ethyl adjacent to an activating group) is 1. The molecule has 2 aromatic rings. The molecule has 1 saturated heterocycles. The van der Waals surface area contributed by atoms with E-state index >= 15 is 0 Å². The zero-order valence-electron chi connectivity index (χ0n) is 16.2. The number of amides is 1. The zero-order chi connectivity index (χ0) is 19.2. The van der Waals surface area contributed by atoms with Crippen LogP contribution in [0.1, 0.15) is 17.2 Å². The number of benzene rings is 2. The van der Waals surface area contributed by atoms with Crippen LogP contribution < -0.4 is 10.1 Å². The van der Waals surface area contributed by atoms with E-state index in [1.807, 2.05) is 49.5 Å². The Labute approximate surface area is 178 Å². The summed E-state index contributed by atoms with van der Waals surface area (Å²) in [7, 11) is 3.49. The second kappa shape index (κ2) is 10.7. The molecule has 152 valence electrons. The third-order valence-electron chi connectivity index (χ3n) is 4.91. The third-order valence-corrected chi connectivity index (χ3v) is 5.14. The summed E-state index contributed by atoms with van der Waals surface area (Å²) in [4.78, 5) is 16.8. The number of piperazine rings is 1. The van der Waals surface area contributed by atoms with Crippen LogP contribution in [-0.2, 0) is 11.3 Å². The summed E-state index contributed by atoms with van der Waals surface area (Å²) in [5.74, 6) is 0.906. The minimum atomic E-state index is 0. The summed E-state index contributed by atoms with van der Waals surface area (Å²) >= 11 is 6.16. The Morgan fingerprint density at radius 3 is 2.82 bits per heavy atom. The predicted molar refractivity (Wildman–Crippen MR) is 115 cm³/mol. The number of ether oxygens (including phenoxy) is 1. The van der Waals surface area contributed by atoms with E-state index in [0.717, 1.165) is 41.5 Å². The number of halogens is 2. The van der Waals surface area contributed by atoms with Gasteiger partial charge in [0, 0.05) is 44.3 Å². The van der Waals surface area contributed by atoms with Crippen molar-refractivity contribution in [3.05, 3.63) is 64.7 Å². The van der Waals surface area contributed by atoms with Crippen LogP contribution in [0, 0.1) is 0 Å². The minimum Gasteiger partial charge on any atom is -0.497 e. The van der Waals surface area contributed by atoms with E-state index in [0.29, 0.717) is 13.1 Å². The first kappa shape index (κ1) is 22.5. The summed E-state index contributed by atoms with van der Waals surface area (Å²) in [5.41, 5.74) is 2.19. The van der Waals surface area contributed by atoms with Gasteiger partial charge in [-0.15, -0.1) is 12.4 Å². The quantitative estimate of drug-likeness (QED) is 0.773. The molecule has 1 N–H and O–H groups in total. The van der Waals surface area contributed by atoms with Crippen LogP contribution in [0.15, 0.2) is 48.5 Å². The van der Waals surface area contributed by atoms with Crippen molar-refractivity contribution in [3.63, 3.8) is 0 Å². The maximum atomic E-state index is 12.8. The Hall–Kier alpha value is -1.79. The Kier molecular flexibility index (Phi) is 8.58. The minimum absolute atomic E-state index is 0. The smallest absolute Gasteiger partial charge is 0.236 e. The topological polar surface area (TPSA) is 44.8 Å². The van der Waals surface area contributed by atoms with E-state index in [1.165, 1.54) is 0 Å². The Balaban J connectivity index is 0.00000280. The van der Waals surface area contributed by atoms with Crippen molar-refractivity contribution in [3.8, 4) is 5.75 Å². The number of hydrogen-bond acceptors (Lipinski definition) is 4. The lowest BCUT2D eigenvalue weighted by Crippen LogP contribution is -2.49. The summed E-state index contributed by atoms with van der Waals surface area (Å²) in [5, 5.41) is 4.14. The van der Waals surface area contributed by atoms with Gasteiger partial charge in [0.1, 0.15) is 5.75 Å². The van der Waals surface area contributed by atoms with Crippen LogP contribution in [0.3, 0.4) is 0 Å². The highest BCUT2D eigenvalue weighted by Gasteiger charge is 2.26. The van der Waals surface area contributed by atoms with Gasteiger partial charge in [0.15, 0.2) is 0 Å². The van der Waals surface area contributed by atoms with Crippen LogP contribution in [-0.4, -0.2) is 56.0 Å². The van der Waals surface area contributed by atoms with E-state index in [4.69, 9.17) is 16.3 Å². The summed E-state index contributed by atoms with van der Waals surface area (Å²) in [6.07, 6.45) is 0. The molecule has 1 aliphatic heterocycles. The van der Waals surface area contributed by atoms with Crippen molar-refractivity contribution in [1.29, 1.82) is 0 Å². The second-order valence-corrected chi connectivity index (χ2v) is 7.28. The molecule has 1 unspecified atom stereocenters. The largest absolute Gasteiger partial charge is 0.497 e. The van der Waals surface area contributed by atoms with Gasteiger partial charge in [0.25, 0.3) is 0 Å². The van der Waals surface area contributed by atoms with Crippen LogP contribution in [0.2, 0.25) is 5.02 Å². The average Bonchev–Trinajstić information content (AvgIpc) is 2.68. The molecule has 7 heteroatoms.